The van der Waals surface area contributed by atoms with Crippen LogP contribution in [-0.4, -0.2) is 6.61 Å². The van der Waals surface area contributed by atoms with Crippen molar-refractivity contribution in [1.82, 2.24) is 0 Å². The van der Waals surface area contributed by atoms with Crippen molar-refractivity contribution in [2.75, 3.05) is 0 Å². The highest BCUT2D eigenvalue weighted by Crippen LogP contribution is 2.49. The largest absolute Gasteiger partial charge is 0.432 e. The summed E-state index contributed by atoms with van der Waals surface area (Å²) in [5.41, 5.74) is 0.464. The summed E-state index contributed by atoms with van der Waals surface area (Å²) in [6.07, 6.45) is 19.1. The third kappa shape index (κ3) is 6.87. The minimum atomic E-state index is -3.17. The van der Waals surface area contributed by atoms with E-state index in [1.54, 1.807) is 0 Å². The standard InChI is InChI=1S/C27H40F4O/c1-2-3-4-8-16-27(17-13-21(14-18-27)20-9-6-5-7-10-20)19-15-22-11-12-23(32-26(30)31)25(29)24(22)28/h11-12,20-21,26H,2-10,13-19H2,1H3. The molecule has 0 spiro atoms. The number of halogens is 4. The Bertz CT molecular complexity index is 691. The molecular formula is C27H40F4O. The van der Waals surface area contributed by atoms with Gasteiger partial charge in [0.25, 0.3) is 0 Å². The molecular weight excluding hydrogens is 416 g/mol. The number of unbranched alkanes of at least 4 members (excludes halogenated alkanes) is 3. The Morgan fingerprint density at radius 1 is 0.875 bits per heavy atom. The van der Waals surface area contributed by atoms with Crippen LogP contribution < -0.4 is 4.74 Å². The van der Waals surface area contributed by atoms with E-state index in [9.17, 15) is 17.6 Å². The molecule has 32 heavy (non-hydrogen) atoms. The zero-order valence-electron chi connectivity index (χ0n) is 19.6. The SMILES string of the molecule is CCCCCCC1(CCc2ccc(OC(F)F)c(F)c2F)CCC(C2CCCCC2)CC1. The summed E-state index contributed by atoms with van der Waals surface area (Å²) < 4.78 is 57.6. The Morgan fingerprint density at radius 3 is 2.22 bits per heavy atom. The second-order valence-electron chi connectivity index (χ2n) is 10.3. The molecule has 2 saturated carbocycles. The molecule has 0 aromatic heterocycles. The lowest BCUT2D eigenvalue weighted by Gasteiger charge is -2.44. The Hall–Kier alpha value is -1.26. The lowest BCUT2D eigenvalue weighted by atomic mass is 9.62. The summed E-state index contributed by atoms with van der Waals surface area (Å²) in [7, 11) is 0. The predicted octanol–water partition coefficient (Wildman–Crippen LogP) is 9.23. The fourth-order valence-electron chi connectivity index (χ4n) is 6.23. The molecule has 0 saturated heterocycles. The van der Waals surface area contributed by atoms with E-state index in [4.69, 9.17) is 0 Å². The fourth-order valence-corrected chi connectivity index (χ4v) is 6.23. The van der Waals surface area contributed by atoms with Crippen LogP contribution in [-0.2, 0) is 6.42 Å². The second kappa shape index (κ2) is 12.3. The predicted molar refractivity (Wildman–Crippen MR) is 121 cm³/mol. The van der Waals surface area contributed by atoms with Crippen LogP contribution in [0.3, 0.4) is 0 Å². The molecule has 1 aromatic rings. The summed E-state index contributed by atoms with van der Waals surface area (Å²) in [5.74, 6) is -1.35. The van der Waals surface area contributed by atoms with Crippen LogP contribution in [0.15, 0.2) is 12.1 Å². The van der Waals surface area contributed by atoms with Crippen molar-refractivity contribution in [1.29, 1.82) is 0 Å². The molecule has 0 atom stereocenters. The average molecular weight is 457 g/mol. The zero-order valence-corrected chi connectivity index (χ0v) is 19.6. The van der Waals surface area contributed by atoms with Gasteiger partial charge in [-0.05, 0) is 73.8 Å². The maximum atomic E-state index is 14.5. The van der Waals surface area contributed by atoms with Crippen molar-refractivity contribution >= 4 is 0 Å². The van der Waals surface area contributed by atoms with Crippen molar-refractivity contribution in [3.63, 3.8) is 0 Å². The van der Waals surface area contributed by atoms with Gasteiger partial charge in [-0.25, -0.2) is 4.39 Å². The zero-order chi connectivity index (χ0) is 23.0. The lowest BCUT2D eigenvalue weighted by molar-refractivity contribution is -0.0525. The Balaban J connectivity index is 1.64. The molecule has 0 amide bonds. The molecule has 0 radical (unpaired) electrons. The van der Waals surface area contributed by atoms with Gasteiger partial charge in [-0.2, -0.15) is 13.2 Å². The first-order valence-electron chi connectivity index (χ1n) is 12.9. The minimum absolute atomic E-state index is 0.194. The van der Waals surface area contributed by atoms with Gasteiger partial charge < -0.3 is 4.74 Å². The number of hydrogen-bond donors (Lipinski definition) is 0. The summed E-state index contributed by atoms with van der Waals surface area (Å²) in [4.78, 5) is 0. The van der Waals surface area contributed by atoms with Gasteiger partial charge >= 0.3 is 6.61 Å². The maximum Gasteiger partial charge on any atom is 0.387 e. The van der Waals surface area contributed by atoms with E-state index in [1.807, 2.05) is 0 Å². The first kappa shape index (κ1) is 25.4. The van der Waals surface area contributed by atoms with Gasteiger partial charge in [-0.15, -0.1) is 0 Å². The van der Waals surface area contributed by atoms with Crippen molar-refractivity contribution in [2.24, 2.45) is 17.3 Å². The number of ether oxygens (including phenoxy) is 1. The maximum absolute atomic E-state index is 14.5. The van der Waals surface area contributed by atoms with E-state index in [-0.39, 0.29) is 11.0 Å². The third-order valence-corrected chi connectivity index (χ3v) is 8.24. The first-order valence-corrected chi connectivity index (χ1v) is 12.9. The second-order valence-corrected chi connectivity index (χ2v) is 10.3. The molecule has 182 valence electrons. The molecule has 0 N–H and O–H groups in total. The summed E-state index contributed by atoms with van der Waals surface area (Å²) in [6, 6.07) is 2.54. The Kier molecular flexibility index (Phi) is 9.73. The number of aryl methyl sites for hydroxylation is 1. The van der Waals surface area contributed by atoms with Crippen LogP contribution in [0.25, 0.3) is 0 Å². The van der Waals surface area contributed by atoms with Crippen molar-refractivity contribution in [3.05, 3.63) is 29.3 Å². The van der Waals surface area contributed by atoms with Crippen LogP contribution in [0.4, 0.5) is 17.6 Å². The number of hydrogen-bond acceptors (Lipinski definition) is 1. The van der Waals surface area contributed by atoms with Crippen molar-refractivity contribution in [3.8, 4) is 5.75 Å². The molecule has 0 heterocycles. The molecule has 0 bridgehead atoms. The van der Waals surface area contributed by atoms with Gasteiger partial charge in [-0.1, -0.05) is 70.8 Å². The topological polar surface area (TPSA) is 9.23 Å². The van der Waals surface area contributed by atoms with Crippen LogP contribution in [0.2, 0.25) is 0 Å². The molecule has 3 rings (SSSR count). The Morgan fingerprint density at radius 2 is 1.56 bits per heavy atom. The van der Waals surface area contributed by atoms with E-state index in [0.717, 1.165) is 30.7 Å². The third-order valence-electron chi connectivity index (χ3n) is 8.24. The quantitative estimate of drug-likeness (QED) is 0.238. The van der Waals surface area contributed by atoms with E-state index in [0.29, 0.717) is 6.42 Å². The fraction of sp³-hybridized carbons (Fsp3) is 0.778. The van der Waals surface area contributed by atoms with Gasteiger partial charge in [0.15, 0.2) is 11.6 Å². The molecule has 0 aliphatic heterocycles. The summed E-state index contributed by atoms with van der Waals surface area (Å²) >= 11 is 0. The minimum Gasteiger partial charge on any atom is -0.432 e. The lowest BCUT2D eigenvalue weighted by Crippen LogP contribution is -2.32. The highest BCUT2D eigenvalue weighted by atomic mass is 19.3. The molecule has 2 fully saturated rings. The van der Waals surface area contributed by atoms with Crippen molar-refractivity contribution < 1.29 is 22.3 Å². The molecule has 2 aliphatic carbocycles. The number of alkyl halides is 2. The van der Waals surface area contributed by atoms with Gasteiger partial charge in [0.2, 0.25) is 5.82 Å². The molecule has 2 aliphatic rings. The molecule has 0 unspecified atom stereocenters. The molecule has 1 nitrogen and oxygen atoms in total. The van der Waals surface area contributed by atoms with Crippen LogP contribution >= 0.6 is 0 Å². The van der Waals surface area contributed by atoms with Crippen LogP contribution in [0, 0.1) is 28.9 Å². The van der Waals surface area contributed by atoms with Gasteiger partial charge in [0.1, 0.15) is 0 Å². The van der Waals surface area contributed by atoms with Crippen LogP contribution in [0.5, 0.6) is 5.75 Å². The number of rotatable bonds is 11. The smallest absolute Gasteiger partial charge is 0.387 e. The van der Waals surface area contributed by atoms with Gasteiger partial charge in [0, 0.05) is 0 Å². The normalized spacial score (nSPS) is 24.8. The van der Waals surface area contributed by atoms with E-state index < -0.39 is 24.0 Å². The first-order chi connectivity index (χ1) is 15.4. The molecule has 5 heteroatoms. The summed E-state index contributed by atoms with van der Waals surface area (Å²) in [6.45, 7) is -0.954. The number of benzene rings is 1. The Labute approximate surface area is 191 Å². The van der Waals surface area contributed by atoms with E-state index in [2.05, 4.69) is 11.7 Å². The van der Waals surface area contributed by atoms with Gasteiger partial charge in [0.05, 0.1) is 0 Å². The summed E-state index contributed by atoms with van der Waals surface area (Å²) in [5, 5.41) is 0. The average Bonchev–Trinajstić information content (AvgIpc) is 2.80. The highest BCUT2D eigenvalue weighted by Gasteiger charge is 2.37. The van der Waals surface area contributed by atoms with Crippen molar-refractivity contribution in [2.45, 2.75) is 116 Å². The monoisotopic (exact) mass is 456 g/mol. The molecule has 1 aromatic carbocycles. The van der Waals surface area contributed by atoms with E-state index in [1.165, 1.54) is 89.5 Å². The highest BCUT2D eigenvalue weighted by molar-refractivity contribution is 5.31. The van der Waals surface area contributed by atoms with Crippen LogP contribution in [0.1, 0.15) is 109 Å². The van der Waals surface area contributed by atoms with Gasteiger partial charge in [-0.3, -0.25) is 0 Å². The van der Waals surface area contributed by atoms with E-state index >= 15 is 0 Å².